The minimum absolute atomic E-state index is 0.378. The normalized spacial score (nSPS) is 11.3. The highest BCUT2D eigenvalue weighted by molar-refractivity contribution is 9.10. The first-order valence-corrected chi connectivity index (χ1v) is 7.60. The maximum Gasteiger partial charge on any atom is 0.165 e. The third kappa shape index (κ3) is 3.18. The summed E-state index contributed by atoms with van der Waals surface area (Å²) in [6.07, 6.45) is 0. The SMILES string of the molecule is Cc1ccc(Br)c(-c2nnc(CCl)n2CC(C)C)c1. The average Bonchev–Trinajstić information content (AvgIpc) is 2.74. The van der Waals surface area contributed by atoms with E-state index in [-0.39, 0.29) is 0 Å². The standard InChI is InChI=1S/C14H17BrClN3/c1-9(2)8-19-13(7-16)17-18-14(19)11-6-10(3)4-5-12(11)15/h4-6,9H,7-8H2,1-3H3. The van der Waals surface area contributed by atoms with Crippen LogP contribution in [0.25, 0.3) is 11.4 Å². The summed E-state index contributed by atoms with van der Waals surface area (Å²) >= 11 is 9.54. The Morgan fingerprint density at radius 3 is 2.68 bits per heavy atom. The highest BCUT2D eigenvalue weighted by Crippen LogP contribution is 2.29. The summed E-state index contributed by atoms with van der Waals surface area (Å²) in [6.45, 7) is 7.28. The van der Waals surface area contributed by atoms with Crippen molar-refractivity contribution in [2.24, 2.45) is 5.92 Å². The Kier molecular flexibility index (Phi) is 4.63. The van der Waals surface area contributed by atoms with Crippen LogP contribution in [0.2, 0.25) is 0 Å². The van der Waals surface area contributed by atoms with Gasteiger partial charge in [-0.15, -0.1) is 21.8 Å². The van der Waals surface area contributed by atoms with Crippen LogP contribution in [-0.2, 0) is 12.4 Å². The molecule has 0 spiro atoms. The minimum Gasteiger partial charge on any atom is -0.310 e. The lowest BCUT2D eigenvalue weighted by Gasteiger charge is -2.13. The summed E-state index contributed by atoms with van der Waals surface area (Å²) in [5, 5.41) is 8.51. The lowest BCUT2D eigenvalue weighted by Crippen LogP contribution is -2.09. The van der Waals surface area contributed by atoms with Gasteiger partial charge in [0.25, 0.3) is 0 Å². The Morgan fingerprint density at radius 1 is 1.32 bits per heavy atom. The molecule has 0 bridgehead atoms. The molecule has 0 aliphatic carbocycles. The number of hydrogen-bond donors (Lipinski definition) is 0. The molecule has 0 amide bonds. The molecule has 0 aliphatic heterocycles. The Bertz CT molecular complexity index is 578. The third-order valence-corrected chi connectivity index (χ3v) is 3.79. The quantitative estimate of drug-likeness (QED) is 0.771. The molecule has 19 heavy (non-hydrogen) atoms. The molecular formula is C14H17BrClN3. The molecule has 1 heterocycles. The van der Waals surface area contributed by atoms with Crippen molar-refractivity contribution in [2.45, 2.75) is 33.2 Å². The molecule has 0 fully saturated rings. The smallest absolute Gasteiger partial charge is 0.165 e. The van der Waals surface area contributed by atoms with E-state index in [2.05, 4.69) is 63.6 Å². The second-order valence-electron chi connectivity index (χ2n) is 5.06. The summed E-state index contributed by atoms with van der Waals surface area (Å²) in [4.78, 5) is 0. The fourth-order valence-corrected chi connectivity index (χ4v) is 2.62. The number of aromatic nitrogens is 3. The van der Waals surface area contributed by atoms with Crippen molar-refractivity contribution in [3.8, 4) is 11.4 Å². The monoisotopic (exact) mass is 341 g/mol. The molecule has 0 aliphatic rings. The van der Waals surface area contributed by atoms with Crippen molar-refractivity contribution in [1.29, 1.82) is 0 Å². The Labute approximate surface area is 127 Å². The van der Waals surface area contributed by atoms with Crippen LogP contribution < -0.4 is 0 Å². The largest absolute Gasteiger partial charge is 0.310 e. The molecule has 1 aromatic carbocycles. The van der Waals surface area contributed by atoms with Crippen LogP contribution in [0.1, 0.15) is 25.2 Å². The highest BCUT2D eigenvalue weighted by atomic mass is 79.9. The van der Waals surface area contributed by atoms with Gasteiger partial charge in [-0.25, -0.2) is 0 Å². The third-order valence-electron chi connectivity index (χ3n) is 2.86. The van der Waals surface area contributed by atoms with Crippen molar-refractivity contribution in [3.05, 3.63) is 34.1 Å². The fourth-order valence-electron chi connectivity index (χ4n) is 2.00. The second kappa shape index (κ2) is 6.06. The van der Waals surface area contributed by atoms with Gasteiger partial charge in [0.1, 0.15) is 5.82 Å². The van der Waals surface area contributed by atoms with Crippen molar-refractivity contribution in [1.82, 2.24) is 14.8 Å². The minimum atomic E-state index is 0.378. The molecule has 0 atom stereocenters. The number of hydrogen-bond acceptors (Lipinski definition) is 2. The van der Waals surface area contributed by atoms with E-state index in [0.29, 0.717) is 11.8 Å². The first-order valence-electron chi connectivity index (χ1n) is 6.27. The van der Waals surface area contributed by atoms with Gasteiger partial charge < -0.3 is 4.57 Å². The molecule has 2 rings (SSSR count). The Morgan fingerprint density at radius 2 is 2.05 bits per heavy atom. The van der Waals surface area contributed by atoms with E-state index in [1.54, 1.807) is 0 Å². The number of aryl methyl sites for hydroxylation is 1. The van der Waals surface area contributed by atoms with E-state index in [1.165, 1.54) is 5.56 Å². The van der Waals surface area contributed by atoms with Gasteiger partial charge in [0.15, 0.2) is 5.82 Å². The van der Waals surface area contributed by atoms with Crippen LogP contribution in [-0.4, -0.2) is 14.8 Å². The van der Waals surface area contributed by atoms with Gasteiger partial charge in [0.05, 0.1) is 5.88 Å². The van der Waals surface area contributed by atoms with Gasteiger partial charge in [-0.05, 0) is 25.0 Å². The number of nitrogens with zero attached hydrogens (tertiary/aromatic N) is 3. The van der Waals surface area contributed by atoms with Gasteiger partial charge in [-0.1, -0.05) is 41.4 Å². The van der Waals surface area contributed by atoms with Crippen molar-refractivity contribution in [2.75, 3.05) is 0 Å². The van der Waals surface area contributed by atoms with E-state index in [1.807, 2.05) is 6.07 Å². The number of alkyl halides is 1. The van der Waals surface area contributed by atoms with Crippen LogP contribution >= 0.6 is 27.5 Å². The zero-order valence-corrected chi connectivity index (χ0v) is 13.7. The van der Waals surface area contributed by atoms with Gasteiger partial charge in [-0.2, -0.15) is 0 Å². The topological polar surface area (TPSA) is 30.7 Å². The molecule has 0 N–H and O–H groups in total. The van der Waals surface area contributed by atoms with Crippen LogP contribution in [0, 0.1) is 12.8 Å². The van der Waals surface area contributed by atoms with Crippen LogP contribution in [0.15, 0.2) is 22.7 Å². The summed E-state index contributed by atoms with van der Waals surface area (Å²) in [7, 11) is 0. The van der Waals surface area contributed by atoms with E-state index >= 15 is 0 Å². The lowest BCUT2D eigenvalue weighted by atomic mass is 10.1. The van der Waals surface area contributed by atoms with E-state index in [4.69, 9.17) is 11.6 Å². The molecule has 2 aromatic rings. The molecule has 0 saturated carbocycles. The molecule has 1 aromatic heterocycles. The van der Waals surface area contributed by atoms with Gasteiger partial charge in [-0.3, -0.25) is 0 Å². The first kappa shape index (κ1) is 14.5. The molecule has 0 unspecified atom stereocenters. The van der Waals surface area contributed by atoms with Gasteiger partial charge in [0.2, 0.25) is 0 Å². The van der Waals surface area contributed by atoms with E-state index in [0.717, 1.165) is 28.2 Å². The number of rotatable bonds is 4. The Hall–Kier alpha value is -0.870. The average molecular weight is 343 g/mol. The predicted octanol–water partition coefficient (Wildman–Crippen LogP) is 4.41. The molecular weight excluding hydrogens is 326 g/mol. The predicted molar refractivity (Wildman–Crippen MR) is 82.3 cm³/mol. The van der Waals surface area contributed by atoms with Gasteiger partial charge in [0, 0.05) is 16.6 Å². The number of halogens is 2. The molecule has 5 heteroatoms. The lowest BCUT2D eigenvalue weighted by molar-refractivity contribution is 0.515. The van der Waals surface area contributed by atoms with Crippen LogP contribution in [0.4, 0.5) is 0 Å². The molecule has 0 saturated heterocycles. The van der Waals surface area contributed by atoms with Crippen molar-refractivity contribution >= 4 is 27.5 Å². The summed E-state index contributed by atoms with van der Waals surface area (Å²) in [5.74, 6) is 2.59. The fraction of sp³-hybridized carbons (Fsp3) is 0.429. The molecule has 3 nitrogen and oxygen atoms in total. The summed E-state index contributed by atoms with van der Waals surface area (Å²) < 4.78 is 3.13. The first-order chi connectivity index (χ1) is 9.02. The van der Waals surface area contributed by atoms with Crippen molar-refractivity contribution in [3.63, 3.8) is 0 Å². The maximum atomic E-state index is 5.95. The highest BCUT2D eigenvalue weighted by Gasteiger charge is 2.16. The second-order valence-corrected chi connectivity index (χ2v) is 6.18. The summed E-state index contributed by atoms with van der Waals surface area (Å²) in [6, 6.07) is 6.22. The molecule has 0 radical (unpaired) electrons. The van der Waals surface area contributed by atoms with Crippen LogP contribution in [0.3, 0.4) is 0 Å². The van der Waals surface area contributed by atoms with E-state index < -0.39 is 0 Å². The molecule has 102 valence electrons. The van der Waals surface area contributed by atoms with Gasteiger partial charge >= 0.3 is 0 Å². The van der Waals surface area contributed by atoms with Crippen molar-refractivity contribution < 1.29 is 0 Å². The maximum absolute atomic E-state index is 5.95. The zero-order chi connectivity index (χ0) is 14.0. The Balaban J connectivity index is 2.55. The number of benzene rings is 1. The summed E-state index contributed by atoms with van der Waals surface area (Å²) in [5.41, 5.74) is 2.26. The van der Waals surface area contributed by atoms with E-state index in [9.17, 15) is 0 Å². The zero-order valence-electron chi connectivity index (χ0n) is 11.3. The van der Waals surface area contributed by atoms with Crippen LogP contribution in [0.5, 0.6) is 0 Å².